The third-order valence-corrected chi connectivity index (χ3v) is 4.61. The Kier molecular flexibility index (Phi) is 4.87. The van der Waals surface area contributed by atoms with Gasteiger partial charge in [-0.15, -0.1) is 0 Å². The molecule has 1 saturated carbocycles. The summed E-state index contributed by atoms with van der Waals surface area (Å²) in [6.45, 7) is 2.77. The van der Waals surface area contributed by atoms with Gasteiger partial charge in [0.25, 0.3) is 5.91 Å². The third-order valence-electron chi connectivity index (χ3n) is 3.77. The first-order valence-electron chi connectivity index (χ1n) is 6.67. The van der Waals surface area contributed by atoms with Gasteiger partial charge in [-0.25, -0.2) is 0 Å². The van der Waals surface area contributed by atoms with Crippen molar-refractivity contribution in [2.45, 2.75) is 32.6 Å². The monoisotopic (exact) mass is 313 g/mol. The van der Waals surface area contributed by atoms with Crippen molar-refractivity contribution in [2.24, 2.45) is 11.8 Å². The number of rotatable bonds is 5. The molecule has 0 saturated heterocycles. The van der Waals surface area contributed by atoms with Gasteiger partial charge in [0.1, 0.15) is 5.76 Å². The van der Waals surface area contributed by atoms with Crippen LogP contribution in [-0.2, 0) is 6.42 Å². The van der Waals surface area contributed by atoms with E-state index in [0.29, 0.717) is 17.6 Å². The van der Waals surface area contributed by atoms with Gasteiger partial charge in [0.2, 0.25) is 0 Å². The molecule has 0 bridgehead atoms. The fraction of sp³-hybridized carbons (Fsp3) is 0.643. The number of amides is 1. The van der Waals surface area contributed by atoms with Crippen LogP contribution in [0.25, 0.3) is 0 Å². The Morgan fingerprint density at radius 2 is 2.22 bits per heavy atom. The van der Waals surface area contributed by atoms with Crippen LogP contribution >= 0.6 is 15.9 Å². The SMILES string of the molecule is CCc1ccc(C(=O)NCC2CCCC2CBr)o1. The van der Waals surface area contributed by atoms with Crippen molar-refractivity contribution in [3.63, 3.8) is 0 Å². The van der Waals surface area contributed by atoms with E-state index in [1.165, 1.54) is 19.3 Å². The standard InChI is InChI=1S/C14H20BrNO2/c1-2-12-6-7-13(18-12)14(17)16-9-11-5-3-4-10(11)8-15/h6-7,10-11H,2-5,8-9H2,1H3,(H,16,17). The molecule has 0 spiro atoms. The molecule has 1 aromatic heterocycles. The maximum Gasteiger partial charge on any atom is 0.287 e. The summed E-state index contributed by atoms with van der Waals surface area (Å²) >= 11 is 3.55. The molecule has 18 heavy (non-hydrogen) atoms. The minimum atomic E-state index is -0.0880. The lowest BCUT2D eigenvalue weighted by atomic mass is 9.98. The minimum absolute atomic E-state index is 0.0880. The van der Waals surface area contributed by atoms with E-state index < -0.39 is 0 Å². The van der Waals surface area contributed by atoms with Crippen LogP contribution in [0, 0.1) is 11.8 Å². The van der Waals surface area contributed by atoms with Gasteiger partial charge in [-0.05, 0) is 36.8 Å². The Bertz CT molecular complexity index is 402. The van der Waals surface area contributed by atoms with Crippen LogP contribution in [0.3, 0.4) is 0 Å². The molecule has 1 fully saturated rings. The quantitative estimate of drug-likeness (QED) is 0.847. The second kappa shape index (κ2) is 6.41. The maximum absolute atomic E-state index is 11.9. The van der Waals surface area contributed by atoms with Gasteiger partial charge in [-0.1, -0.05) is 29.3 Å². The molecular weight excluding hydrogens is 294 g/mol. The average molecular weight is 314 g/mol. The molecule has 1 amide bonds. The molecule has 4 heteroatoms. The summed E-state index contributed by atoms with van der Waals surface area (Å²) in [6, 6.07) is 3.62. The predicted molar refractivity (Wildman–Crippen MR) is 75.0 cm³/mol. The van der Waals surface area contributed by atoms with E-state index in [0.717, 1.165) is 24.1 Å². The molecule has 1 aromatic rings. The summed E-state index contributed by atoms with van der Waals surface area (Å²) in [5.41, 5.74) is 0. The first kappa shape index (κ1) is 13.7. The van der Waals surface area contributed by atoms with Crippen molar-refractivity contribution in [2.75, 3.05) is 11.9 Å². The summed E-state index contributed by atoms with van der Waals surface area (Å²) in [4.78, 5) is 11.9. The smallest absolute Gasteiger partial charge is 0.287 e. The fourth-order valence-electron chi connectivity index (χ4n) is 2.59. The zero-order valence-electron chi connectivity index (χ0n) is 10.7. The molecule has 3 nitrogen and oxygen atoms in total. The number of hydrogen-bond acceptors (Lipinski definition) is 2. The van der Waals surface area contributed by atoms with Crippen molar-refractivity contribution in [3.8, 4) is 0 Å². The summed E-state index contributed by atoms with van der Waals surface area (Å²) < 4.78 is 5.44. The van der Waals surface area contributed by atoms with Gasteiger partial charge in [0, 0.05) is 18.3 Å². The largest absolute Gasteiger partial charge is 0.456 e. The maximum atomic E-state index is 11.9. The van der Waals surface area contributed by atoms with Crippen molar-refractivity contribution in [1.29, 1.82) is 0 Å². The van der Waals surface area contributed by atoms with Crippen LogP contribution < -0.4 is 5.32 Å². The molecule has 2 unspecified atom stereocenters. The number of halogens is 1. The summed E-state index contributed by atoms with van der Waals surface area (Å²) in [7, 11) is 0. The Morgan fingerprint density at radius 3 is 2.89 bits per heavy atom. The Labute approximate surface area is 116 Å². The predicted octanol–water partition coefficient (Wildman–Crippen LogP) is 3.38. The lowest BCUT2D eigenvalue weighted by Crippen LogP contribution is -2.30. The van der Waals surface area contributed by atoms with Gasteiger partial charge in [-0.2, -0.15) is 0 Å². The van der Waals surface area contributed by atoms with Crippen LogP contribution in [0.4, 0.5) is 0 Å². The molecule has 2 rings (SSSR count). The second-order valence-corrected chi connectivity index (χ2v) is 5.58. The topological polar surface area (TPSA) is 42.2 Å². The first-order chi connectivity index (χ1) is 8.74. The van der Waals surface area contributed by atoms with Crippen LogP contribution in [0.5, 0.6) is 0 Å². The lowest BCUT2D eigenvalue weighted by Gasteiger charge is -2.17. The lowest BCUT2D eigenvalue weighted by molar-refractivity contribution is 0.0915. The molecule has 1 N–H and O–H groups in total. The van der Waals surface area contributed by atoms with Crippen molar-refractivity contribution in [1.82, 2.24) is 5.32 Å². The summed E-state index contributed by atoms with van der Waals surface area (Å²) in [5, 5.41) is 4.03. The van der Waals surface area contributed by atoms with E-state index in [1.54, 1.807) is 6.07 Å². The molecule has 0 aromatic carbocycles. The van der Waals surface area contributed by atoms with E-state index >= 15 is 0 Å². The highest BCUT2D eigenvalue weighted by molar-refractivity contribution is 9.09. The van der Waals surface area contributed by atoms with E-state index in [2.05, 4.69) is 21.2 Å². The minimum Gasteiger partial charge on any atom is -0.456 e. The molecule has 1 heterocycles. The Hall–Kier alpha value is -0.770. The van der Waals surface area contributed by atoms with Crippen molar-refractivity contribution < 1.29 is 9.21 Å². The molecule has 0 aliphatic heterocycles. The molecular formula is C14H20BrNO2. The number of hydrogen-bond donors (Lipinski definition) is 1. The molecule has 0 radical (unpaired) electrons. The van der Waals surface area contributed by atoms with E-state index in [-0.39, 0.29) is 5.91 Å². The highest BCUT2D eigenvalue weighted by atomic mass is 79.9. The van der Waals surface area contributed by atoms with Gasteiger partial charge in [-0.3, -0.25) is 4.79 Å². The van der Waals surface area contributed by atoms with Crippen LogP contribution in [0.1, 0.15) is 42.5 Å². The fourth-order valence-corrected chi connectivity index (χ4v) is 3.44. The number of alkyl halides is 1. The zero-order valence-corrected chi connectivity index (χ0v) is 12.3. The third kappa shape index (κ3) is 3.16. The number of carbonyl (C=O) groups excluding carboxylic acids is 1. The molecule has 1 aliphatic rings. The summed E-state index contributed by atoms with van der Waals surface area (Å²) in [5.74, 6) is 2.51. The highest BCUT2D eigenvalue weighted by Crippen LogP contribution is 2.32. The van der Waals surface area contributed by atoms with Crippen molar-refractivity contribution in [3.05, 3.63) is 23.7 Å². The van der Waals surface area contributed by atoms with Crippen LogP contribution in [0.15, 0.2) is 16.5 Å². The summed E-state index contributed by atoms with van der Waals surface area (Å²) in [6.07, 6.45) is 4.58. The zero-order chi connectivity index (χ0) is 13.0. The van der Waals surface area contributed by atoms with E-state index in [1.807, 2.05) is 13.0 Å². The number of carbonyl (C=O) groups is 1. The first-order valence-corrected chi connectivity index (χ1v) is 7.79. The average Bonchev–Trinajstić information content (AvgIpc) is 3.04. The Balaban J connectivity index is 1.84. The number of furan rings is 1. The van der Waals surface area contributed by atoms with Crippen LogP contribution in [-0.4, -0.2) is 17.8 Å². The van der Waals surface area contributed by atoms with E-state index in [4.69, 9.17) is 4.42 Å². The highest BCUT2D eigenvalue weighted by Gasteiger charge is 2.26. The number of aryl methyl sites for hydroxylation is 1. The molecule has 100 valence electrons. The van der Waals surface area contributed by atoms with Gasteiger partial charge >= 0.3 is 0 Å². The van der Waals surface area contributed by atoms with Crippen LogP contribution in [0.2, 0.25) is 0 Å². The Morgan fingerprint density at radius 1 is 1.44 bits per heavy atom. The molecule has 2 atom stereocenters. The van der Waals surface area contributed by atoms with Gasteiger partial charge in [0.05, 0.1) is 0 Å². The van der Waals surface area contributed by atoms with Crippen molar-refractivity contribution >= 4 is 21.8 Å². The van der Waals surface area contributed by atoms with E-state index in [9.17, 15) is 4.79 Å². The number of nitrogens with one attached hydrogen (secondary N) is 1. The second-order valence-electron chi connectivity index (χ2n) is 4.93. The van der Waals surface area contributed by atoms with Gasteiger partial charge in [0.15, 0.2) is 5.76 Å². The normalized spacial score (nSPS) is 23.2. The van der Waals surface area contributed by atoms with Gasteiger partial charge < -0.3 is 9.73 Å². The molecule has 1 aliphatic carbocycles.